The zero-order valence-corrected chi connectivity index (χ0v) is 13.3. The first-order valence-corrected chi connectivity index (χ1v) is 7.54. The summed E-state index contributed by atoms with van der Waals surface area (Å²) < 4.78 is 2.69. The van der Waals surface area contributed by atoms with Crippen molar-refractivity contribution < 1.29 is 9.90 Å². The van der Waals surface area contributed by atoms with E-state index in [1.807, 2.05) is 43.5 Å². The van der Waals surface area contributed by atoms with E-state index in [4.69, 9.17) is 0 Å². The molecular formula is C15H18BrN3O2. The molecule has 0 bridgehead atoms. The van der Waals surface area contributed by atoms with Gasteiger partial charge in [-0.05, 0) is 34.8 Å². The Bertz CT molecular complexity index is 586. The van der Waals surface area contributed by atoms with Gasteiger partial charge in [0.1, 0.15) is 6.04 Å². The highest BCUT2D eigenvalue weighted by Crippen LogP contribution is 2.08. The van der Waals surface area contributed by atoms with Crippen molar-refractivity contribution in [3.63, 3.8) is 0 Å². The van der Waals surface area contributed by atoms with E-state index < -0.39 is 12.0 Å². The quantitative estimate of drug-likeness (QED) is 0.803. The third-order valence-electron chi connectivity index (χ3n) is 3.13. The zero-order valence-electron chi connectivity index (χ0n) is 11.7. The van der Waals surface area contributed by atoms with Gasteiger partial charge in [-0.2, -0.15) is 5.10 Å². The van der Waals surface area contributed by atoms with Gasteiger partial charge in [-0.25, -0.2) is 0 Å². The predicted molar refractivity (Wildman–Crippen MR) is 84.1 cm³/mol. The summed E-state index contributed by atoms with van der Waals surface area (Å²) in [4.78, 5) is 11.4. The molecule has 0 spiro atoms. The van der Waals surface area contributed by atoms with Crippen LogP contribution in [0.4, 0.5) is 0 Å². The van der Waals surface area contributed by atoms with E-state index >= 15 is 0 Å². The number of halogens is 1. The van der Waals surface area contributed by atoms with Crippen LogP contribution in [0.3, 0.4) is 0 Å². The van der Waals surface area contributed by atoms with E-state index in [0.29, 0.717) is 13.0 Å². The Labute approximate surface area is 132 Å². The molecule has 6 heteroatoms. The fraction of sp³-hybridized carbons (Fsp3) is 0.333. The van der Waals surface area contributed by atoms with E-state index in [1.54, 1.807) is 10.9 Å². The monoisotopic (exact) mass is 351 g/mol. The van der Waals surface area contributed by atoms with Crippen LogP contribution in [0.15, 0.2) is 47.2 Å². The standard InChI is InChI=1S/C15H18BrN3O2/c1-11(9-19-10-13(16)8-17-19)18-14(15(20)21)7-12-5-3-2-4-6-12/h2-6,8,10-11,14,18H,7,9H2,1H3,(H,20,21)/t11?,14-/m1/s1. The molecule has 5 nitrogen and oxygen atoms in total. The van der Waals surface area contributed by atoms with Crippen molar-refractivity contribution in [1.82, 2.24) is 15.1 Å². The van der Waals surface area contributed by atoms with Crippen molar-refractivity contribution in [2.75, 3.05) is 0 Å². The molecule has 1 unspecified atom stereocenters. The molecule has 2 N–H and O–H groups in total. The van der Waals surface area contributed by atoms with Gasteiger partial charge in [0.25, 0.3) is 0 Å². The van der Waals surface area contributed by atoms with Crippen LogP contribution in [0.1, 0.15) is 12.5 Å². The van der Waals surface area contributed by atoms with Crippen molar-refractivity contribution in [1.29, 1.82) is 0 Å². The molecule has 1 heterocycles. The van der Waals surface area contributed by atoms with Crippen LogP contribution in [0.5, 0.6) is 0 Å². The van der Waals surface area contributed by atoms with Crippen LogP contribution in [-0.2, 0) is 17.8 Å². The Morgan fingerprint density at radius 1 is 1.43 bits per heavy atom. The number of carboxylic acid groups (broad SMARTS) is 1. The summed E-state index contributed by atoms with van der Waals surface area (Å²) in [6.07, 6.45) is 4.04. The molecule has 0 fully saturated rings. The van der Waals surface area contributed by atoms with Gasteiger partial charge in [-0.1, -0.05) is 30.3 Å². The lowest BCUT2D eigenvalue weighted by Crippen LogP contribution is -2.45. The first kappa shape index (κ1) is 15.7. The predicted octanol–water partition coefficient (Wildman–Crippen LogP) is 2.32. The maximum absolute atomic E-state index is 11.4. The van der Waals surface area contributed by atoms with Gasteiger partial charge in [0.05, 0.1) is 17.2 Å². The average Bonchev–Trinajstić information content (AvgIpc) is 2.84. The van der Waals surface area contributed by atoms with E-state index in [0.717, 1.165) is 10.0 Å². The van der Waals surface area contributed by atoms with Crippen LogP contribution in [0.2, 0.25) is 0 Å². The number of aliphatic carboxylic acids is 1. The van der Waals surface area contributed by atoms with Crippen molar-refractivity contribution in [2.24, 2.45) is 0 Å². The lowest BCUT2D eigenvalue weighted by atomic mass is 10.1. The van der Waals surface area contributed by atoms with Crippen LogP contribution in [-0.4, -0.2) is 32.9 Å². The van der Waals surface area contributed by atoms with Crippen molar-refractivity contribution in [3.8, 4) is 0 Å². The summed E-state index contributed by atoms with van der Waals surface area (Å²) in [5, 5.41) is 16.7. The lowest BCUT2D eigenvalue weighted by Gasteiger charge is -2.20. The highest BCUT2D eigenvalue weighted by atomic mass is 79.9. The number of benzene rings is 1. The lowest BCUT2D eigenvalue weighted by molar-refractivity contribution is -0.139. The normalized spacial score (nSPS) is 13.8. The minimum absolute atomic E-state index is 0.00149. The highest BCUT2D eigenvalue weighted by molar-refractivity contribution is 9.10. The number of hydrogen-bond acceptors (Lipinski definition) is 3. The molecule has 21 heavy (non-hydrogen) atoms. The SMILES string of the molecule is CC(Cn1cc(Br)cn1)N[C@H](Cc1ccccc1)C(=O)O. The molecule has 0 saturated heterocycles. The second-order valence-corrected chi connectivity index (χ2v) is 5.94. The summed E-state index contributed by atoms with van der Waals surface area (Å²) in [7, 11) is 0. The summed E-state index contributed by atoms with van der Waals surface area (Å²) in [6.45, 7) is 2.57. The maximum Gasteiger partial charge on any atom is 0.321 e. The number of nitrogens with zero attached hydrogens (tertiary/aromatic N) is 2. The van der Waals surface area contributed by atoms with Gasteiger partial charge in [0.2, 0.25) is 0 Å². The molecule has 2 atom stereocenters. The fourth-order valence-corrected chi connectivity index (χ4v) is 2.51. The van der Waals surface area contributed by atoms with Gasteiger partial charge in [0.15, 0.2) is 0 Å². The smallest absolute Gasteiger partial charge is 0.321 e. The van der Waals surface area contributed by atoms with Crippen molar-refractivity contribution in [2.45, 2.75) is 32.0 Å². The Kier molecular flexibility index (Phi) is 5.52. The summed E-state index contributed by atoms with van der Waals surface area (Å²) in [5.74, 6) is -0.840. The molecule has 1 aromatic carbocycles. The molecule has 0 aliphatic heterocycles. The summed E-state index contributed by atoms with van der Waals surface area (Å²) in [5.41, 5.74) is 1.01. The van der Waals surface area contributed by atoms with E-state index in [2.05, 4.69) is 26.3 Å². The third-order valence-corrected chi connectivity index (χ3v) is 3.54. The van der Waals surface area contributed by atoms with Gasteiger partial charge in [-0.15, -0.1) is 0 Å². The largest absolute Gasteiger partial charge is 0.480 e. The fourth-order valence-electron chi connectivity index (χ4n) is 2.18. The third kappa shape index (κ3) is 4.99. The summed E-state index contributed by atoms with van der Waals surface area (Å²) >= 11 is 3.34. The molecule has 0 aliphatic rings. The highest BCUT2D eigenvalue weighted by Gasteiger charge is 2.20. The molecule has 0 aliphatic carbocycles. The van der Waals surface area contributed by atoms with Crippen LogP contribution >= 0.6 is 15.9 Å². The number of aromatic nitrogens is 2. The molecule has 0 amide bonds. The molecule has 0 radical (unpaired) electrons. The first-order valence-electron chi connectivity index (χ1n) is 6.75. The topological polar surface area (TPSA) is 67.2 Å². The van der Waals surface area contributed by atoms with Gasteiger partial charge in [0, 0.05) is 12.2 Å². The van der Waals surface area contributed by atoms with Crippen molar-refractivity contribution >= 4 is 21.9 Å². The van der Waals surface area contributed by atoms with E-state index in [9.17, 15) is 9.90 Å². The second kappa shape index (κ2) is 7.38. The second-order valence-electron chi connectivity index (χ2n) is 5.03. The Balaban J connectivity index is 1.94. The average molecular weight is 352 g/mol. The molecule has 112 valence electrons. The maximum atomic E-state index is 11.4. The number of nitrogens with one attached hydrogen (secondary N) is 1. The van der Waals surface area contributed by atoms with E-state index in [1.165, 1.54) is 0 Å². The van der Waals surface area contributed by atoms with Crippen LogP contribution in [0, 0.1) is 0 Å². The first-order chi connectivity index (χ1) is 10.0. The molecule has 2 aromatic rings. The van der Waals surface area contributed by atoms with Crippen molar-refractivity contribution in [3.05, 3.63) is 52.8 Å². The summed E-state index contributed by atoms with van der Waals surface area (Å²) in [6, 6.07) is 9.02. The minimum Gasteiger partial charge on any atom is -0.480 e. The number of hydrogen-bond donors (Lipinski definition) is 2. The Morgan fingerprint density at radius 2 is 2.14 bits per heavy atom. The number of rotatable bonds is 7. The molecule has 1 aromatic heterocycles. The van der Waals surface area contributed by atoms with Crippen LogP contribution < -0.4 is 5.32 Å². The zero-order chi connectivity index (χ0) is 15.2. The number of carboxylic acids is 1. The van der Waals surface area contributed by atoms with Gasteiger partial charge < -0.3 is 5.11 Å². The molecule has 2 rings (SSSR count). The van der Waals surface area contributed by atoms with E-state index in [-0.39, 0.29) is 6.04 Å². The molecule has 0 saturated carbocycles. The van der Waals surface area contributed by atoms with Gasteiger partial charge >= 0.3 is 5.97 Å². The Hall–Kier alpha value is -1.66. The number of carbonyl (C=O) groups is 1. The molecular weight excluding hydrogens is 334 g/mol. The van der Waals surface area contributed by atoms with Gasteiger partial charge in [-0.3, -0.25) is 14.8 Å². The Morgan fingerprint density at radius 3 is 2.71 bits per heavy atom. The van der Waals surface area contributed by atoms with Crippen LogP contribution in [0.25, 0.3) is 0 Å². The minimum atomic E-state index is -0.840.